The second kappa shape index (κ2) is 8.75. The standard InChI is InChI=1S/C27H27Cl2N3O/c1-17-10-13-24(31-16-17)27(26(30)33)14-18-11-12-19(15-27)32(18)25(20-6-2-4-8-22(20)28)21-7-3-5-9-23(21)29/h2-10,13,16,18-19,25H,11-12,14-15H2,1H3,(H2,30,33)/t18-,19+,27?. The third-order valence-corrected chi connectivity index (χ3v) is 8.10. The average molecular weight is 480 g/mol. The van der Waals surface area contributed by atoms with Crippen LogP contribution in [0.3, 0.4) is 0 Å². The molecular weight excluding hydrogens is 453 g/mol. The summed E-state index contributed by atoms with van der Waals surface area (Å²) in [6, 6.07) is 20.1. The van der Waals surface area contributed by atoms with E-state index in [0.717, 1.165) is 35.2 Å². The van der Waals surface area contributed by atoms with Crippen LogP contribution in [0.2, 0.25) is 10.0 Å². The molecule has 2 N–H and O–H groups in total. The van der Waals surface area contributed by atoms with E-state index in [2.05, 4.69) is 22.0 Å². The van der Waals surface area contributed by atoms with Crippen LogP contribution in [0, 0.1) is 6.92 Å². The lowest BCUT2D eigenvalue weighted by Crippen LogP contribution is -2.56. The first-order chi connectivity index (χ1) is 15.9. The Bertz CT molecular complexity index is 1120. The summed E-state index contributed by atoms with van der Waals surface area (Å²) >= 11 is 13.4. The molecule has 2 aliphatic rings. The third-order valence-electron chi connectivity index (χ3n) is 7.42. The average Bonchev–Trinajstić information content (AvgIpc) is 3.06. The fourth-order valence-electron chi connectivity index (χ4n) is 5.88. The number of nitrogens with zero attached hydrogens (tertiary/aromatic N) is 2. The van der Waals surface area contributed by atoms with Crippen LogP contribution in [0.5, 0.6) is 0 Å². The van der Waals surface area contributed by atoms with Gasteiger partial charge in [-0.25, -0.2) is 0 Å². The normalized spacial score (nSPS) is 24.8. The molecule has 0 aliphatic carbocycles. The van der Waals surface area contributed by atoms with Gasteiger partial charge in [0.15, 0.2) is 0 Å². The molecule has 4 nitrogen and oxygen atoms in total. The van der Waals surface area contributed by atoms with Crippen molar-refractivity contribution in [3.05, 3.63) is 99.3 Å². The molecule has 2 aromatic carbocycles. The fraction of sp³-hybridized carbons (Fsp3) is 0.333. The highest BCUT2D eigenvalue weighted by molar-refractivity contribution is 6.32. The highest BCUT2D eigenvalue weighted by Gasteiger charge is 2.55. The first-order valence-electron chi connectivity index (χ1n) is 11.4. The molecule has 2 saturated heterocycles. The van der Waals surface area contributed by atoms with Crippen molar-refractivity contribution in [2.24, 2.45) is 5.73 Å². The molecule has 0 radical (unpaired) electrons. The van der Waals surface area contributed by atoms with Crippen molar-refractivity contribution in [2.45, 2.75) is 56.1 Å². The van der Waals surface area contributed by atoms with Crippen LogP contribution in [0.1, 0.15) is 54.1 Å². The summed E-state index contributed by atoms with van der Waals surface area (Å²) in [5.41, 5.74) is 9.23. The van der Waals surface area contributed by atoms with Crippen LogP contribution in [-0.2, 0) is 10.2 Å². The number of rotatable bonds is 5. The van der Waals surface area contributed by atoms with E-state index >= 15 is 0 Å². The van der Waals surface area contributed by atoms with Gasteiger partial charge in [0.1, 0.15) is 0 Å². The Balaban J connectivity index is 1.60. The zero-order chi connectivity index (χ0) is 23.2. The van der Waals surface area contributed by atoms with Gasteiger partial charge in [0.25, 0.3) is 0 Å². The Hall–Kier alpha value is -2.40. The third kappa shape index (κ3) is 3.84. The number of hydrogen-bond donors (Lipinski definition) is 1. The van der Waals surface area contributed by atoms with E-state index in [1.54, 1.807) is 0 Å². The van der Waals surface area contributed by atoms with Crippen LogP contribution in [0.4, 0.5) is 0 Å². The Morgan fingerprint density at radius 3 is 1.97 bits per heavy atom. The Morgan fingerprint density at radius 1 is 0.970 bits per heavy atom. The van der Waals surface area contributed by atoms with Crippen molar-refractivity contribution in [3.8, 4) is 0 Å². The van der Waals surface area contributed by atoms with Crippen LogP contribution < -0.4 is 5.73 Å². The lowest BCUT2D eigenvalue weighted by molar-refractivity contribution is -0.127. The van der Waals surface area contributed by atoms with Crippen molar-refractivity contribution < 1.29 is 4.79 Å². The molecule has 33 heavy (non-hydrogen) atoms. The van der Waals surface area contributed by atoms with E-state index in [1.165, 1.54) is 0 Å². The molecule has 0 spiro atoms. The number of aryl methyl sites for hydroxylation is 1. The molecular formula is C27H27Cl2N3O. The van der Waals surface area contributed by atoms with Crippen molar-refractivity contribution in [1.29, 1.82) is 0 Å². The smallest absolute Gasteiger partial charge is 0.229 e. The van der Waals surface area contributed by atoms with Gasteiger partial charge in [-0.2, -0.15) is 0 Å². The number of aromatic nitrogens is 1. The number of carbonyl (C=O) groups excluding carboxylic acids is 1. The lowest BCUT2D eigenvalue weighted by Gasteiger charge is -2.48. The number of carbonyl (C=O) groups is 1. The predicted molar refractivity (Wildman–Crippen MR) is 132 cm³/mol. The molecule has 2 fully saturated rings. The van der Waals surface area contributed by atoms with Crippen LogP contribution >= 0.6 is 23.2 Å². The van der Waals surface area contributed by atoms with Gasteiger partial charge in [0.2, 0.25) is 5.91 Å². The number of pyridine rings is 1. The largest absolute Gasteiger partial charge is 0.369 e. The monoisotopic (exact) mass is 479 g/mol. The second-order valence-corrected chi connectivity index (χ2v) is 10.2. The van der Waals surface area contributed by atoms with Crippen molar-refractivity contribution >= 4 is 29.1 Å². The Morgan fingerprint density at radius 2 is 1.52 bits per heavy atom. The van der Waals surface area contributed by atoms with E-state index in [1.807, 2.05) is 61.7 Å². The maximum absolute atomic E-state index is 12.9. The number of benzene rings is 2. The molecule has 5 rings (SSSR count). The first-order valence-corrected chi connectivity index (χ1v) is 12.2. The number of piperidine rings is 1. The van der Waals surface area contributed by atoms with Gasteiger partial charge >= 0.3 is 0 Å². The minimum absolute atomic E-state index is 0.0956. The van der Waals surface area contributed by atoms with Crippen molar-refractivity contribution in [1.82, 2.24) is 9.88 Å². The molecule has 6 heteroatoms. The molecule has 1 aromatic heterocycles. The summed E-state index contributed by atoms with van der Waals surface area (Å²) < 4.78 is 0. The van der Waals surface area contributed by atoms with Gasteiger partial charge in [-0.05, 0) is 67.5 Å². The summed E-state index contributed by atoms with van der Waals surface area (Å²) in [4.78, 5) is 20.1. The molecule has 170 valence electrons. The van der Waals surface area contributed by atoms with Crippen molar-refractivity contribution in [2.75, 3.05) is 0 Å². The van der Waals surface area contributed by atoms with Gasteiger partial charge in [-0.15, -0.1) is 0 Å². The molecule has 3 aromatic rings. The van der Waals surface area contributed by atoms with E-state index in [0.29, 0.717) is 22.9 Å². The number of nitrogens with two attached hydrogens (primary N) is 1. The Kier molecular flexibility index (Phi) is 5.94. The highest BCUT2D eigenvalue weighted by Crippen LogP contribution is 2.52. The summed E-state index contributed by atoms with van der Waals surface area (Å²) in [6.45, 7) is 2.00. The van der Waals surface area contributed by atoms with Crippen LogP contribution in [-0.4, -0.2) is 27.9 Å². The van der Waals surface area contributed by atoms with Gasteiger partial charge in [0.05, 0.1) is 17.2 Å². The quantitative estimate of drug-likeness (QED) is 0.500. The summed E-state index contributed by atoms with van der Waals surface area (Å²) in [5.74, 6) is -0.289. The molecule has 3 atom stereocenters. The van der Waals surface area contributed by atoms with Crippen LogP contribution in [0.25, 0.3) is 0 Å². The number of amides is 1. The topological polar surface area (TPSA) is 59.2 Å². The SMILES string of the molecule is Cc1ccc(C2(C(N)=O)C[C@H]3CC[C@@H](C2)N3C(c2ccccc2Cl)c2ccccc2Cl)nc1. The fourth-order valence-corrected chi connectivity index (χ4v) is 6.35. The Labute approximate surface area is 204 Å². The van der Waals surface area contributed by atoms with Gasteiger partial charge in [-0.1, -0.05) is 65.7 Å². The predicted octanol–water partition coefficient (Wildman–Crippen LogP) is 5.84. The number of halogens is 2. The molecule has 1 unspecified atom stereocenters. The zero-order valence-electron chi connectivity index (χ0n) is 18.5. The van der Waals surface area contributed by atoms with Gasteiger partial charge in [-0.3, -0.25) is 14.7 Å². The van der Waals surface area contributed by atoms with E-state index in [-0.39, 0.29) is 24.0 Å². The summed E-state index contributed by atoms with van der Waals surface area (Å²) in [7, 11) is 0. The summed E-state index contributed by atoms with van der Waals surface area (Å²) in [6.07, 6.45) is 5.10. The van der Waals surface area contributed by atoms with E-state index < -0.39 is 5.41 Å². The first kappa shape index (κ1) is 22.4. The van der Waals surface area contributed by atoms with Crippen LogP contribution in [0.15, 0.2) is 66.9 Å². The zero-order valence-corrected chi connectivity index (χ0v) is 20.1. The second-order valence-electron chi connectivity index (χ2n) is 9.35. The van der Waals surface area contributed by atoms with Gasteiger partial charge < -0.3 is 5.73 Å². The maximum atomic E-state index is 12.9. The molecule has 1 amide bonds. The maximum Gasteiger partial charge on any atom is 0.229 e. The lowest BCUT2D eigenvalue weighted by atomic mass is 9.70. The van der Waals surface area contributed by atoms with E-state index in [9.17, 15) is 4.79 Å². The number of primary amides is 1. The number of hydrogen-bond acceptors (Lipinski definition) is 3. The molecule has 2 aliphatic heterocycles. The molecule has 3 heterocycles. The minimum Gasteiger partial charge on any atom is -0.369 e. The van der Waals surface area contributed by atoms with Gasteiger partial charge in [0, 0.05) is 28.3 Å². The summed E-state index contributed by atoms with van der Waals surface area (Å²) in [5, 5.41) is 1.43. The minimum atomic E-state index is -0.762. The van der Waals surface area contributed by atoms with E-state index in [4.69, 9.17) is 28.9 Å². The molecule has 0 saturated carbocycles. The highest BCUT2D eigenvalue weighted by atomic mass is 35.5. The number of fused-ring (bicyclic) bond motifs is 2. The van der Waals surface area contributed by atoms with Crippen molar-refractivity contribution in [3.63, 3.8) is 0 Å². The molecule has 2 bridgehead atoms.